The lowest BCUT2D eigenvalue weighted by Crippen LogP contribution is -2.46. The van der Waals surface area contributed by atoms with Crippen LogP contribution in [0.15, 0.2) is 24.3 Å². The molecule has 0 unspecified atom stereocenters. The van der Waals surface area contributed by atoms with E-state index in [0.717, 1.165) is 23.3 Å². The number of aromatic nitrogens is 2. The second kappa shape index (κ2) is 7.75. The van der Waals surface area contributed by atoms with Crippen molar-refractivity contribution in [1.29, 1.82) is 0 Å². The molecule has 0 atom stereocenters. The zero-order chi connectivity index (χ0) is 18.7. The Hall–Kier alpha value is -1.93. The molecule has 7 nitrogen and oxygen atoms in total. The number of fused-ring (bicyclic) bond motifs is 1. The first-order valence-corrected chi connectivity index (χ1v) is 11.0. The van der Waals surface area contributed by atoms with Gasteiger partial charge in [-0.05, 0) is 25.0 Å². The quantitative estimate of drug-likeness (QED) is 0.826. The van der Waals surface area contributed by atoms with E-state index in [1.807, 2.05) is 29.2 Å². The summed E-state index contributed by atoms with van der Waals surface area (Å²) in [5, 5.41) is 0. The number of rotatable bonds is 6. The molecule has 26 heavy (non-hydrogen) atoms. The van der Waals surface area contributed by atoms with Crippen LogP contribution in [0.2, 0.25) is 0 Å². The maximum Gasteiger partial charge on any atom is 0.224 e. The Labute approximate surface area is 154 Å². The lowest BCUT2D eigenvalue weighted by atomic mass is 10.1. The summed E-state index contributed by atoms with van der Waals surface area (Å²) in [4.78, 5) is 19.1. The summed E-state index contributed by atoms with van der Waals surface area (Å²) in [7, 11) is -3.19. The van der Waals surface area contributed by atoms with Crippen LogP contribution < -0.4 is 4.72 Å². The topological polar surface area (TPSA) is 84.3 Å². The number of aryl methyl sites for hydroxylation is 2. The van der Waals surface area contributed by atoms with Crippen LogP contribution in [-0.4, -0.2) is 54.2 Å². The van der Waals surface area contributed by atoms with Gasteiger partial charge in [-0.2, -0.15) is 0 Å². The fourth-order valence-electron chi connectivity index (χ4n) is 3.56. The van der Waals surface area contributed by atoms with E-state index in [4.69, 9.17) is 0 Å². The number of carbonyl (C=O) groups excluding carboxylic acids is 1. The van der Waals surface area contributed by atoms with Crippen LogP contribution in [-0.2, 0) is 27.8 Å². The minimum absolute atomic E-state index is 0.0710. The highest BCUT2D eigenvalue weighted by atomic mass is 32.2. The van der Waals surface area contributed by atoms with Crippen molar-refractivity contribution in [3.63, 3.8) is 0 Å². The Balaban J connectivity index is 1.59. The van der Waals surface area contributed by atoms with E-state index in [9.17, 15) is 13.2 Å². The maximum atomic E-state index is 12.6. The minimum atomic E-state index is -3.19. The standard InChI is InChI=1S/C18H26N4O3S/c1-3-17-19-15-6-4-5-7-16(15)22(17)13-10-18(23)21-11-8-14(9-12-21)20-26(2,24)25/h4-7,14,20H,3,8-13H2,1-2H3. The van der Waals surface area contributed by atoms with Crippen LogP contribution in [0.5, 0.6) is 0 Å². The summed E-state index contributed by atoms with van der Waals surface area (Å²) in [6.45, 7) is 3.87. The van der Waals surface area contributed by atoms with E-state index < -0.39 is 10.0 Å². The first-order chi connectivity index (χ1) is 12.4. The Bertz CT molecular complexity index is 883. The van der Waals surface area contributed by atoms with E-state index >= 15 is 0 Å². The predicted molar refractivity (Wildman–Crippen MR) is 101 cm³/mol. The third-order valence-electron chi connectivity index (χ3n) is 4.83. The molecule has 0 saturated carbocycles. The normalized spacial score (nSPS) is 16.3. The molecule has 1 saturated heterocycles. The zero-order valence-electron chi connectivity index (χ0n) is 15.3. The van der Waals surface area contributed by atoms with Crippen molar-refractivity contribution in [1.82, 2.24) is 19.2 Å². The molecule has 1 amide bonds. The van der Waals surface area contributed by atoms with Crippen molar-refractivity contribution in [3.8, 4) is 0 Å². The first kappa shape index (κ1) is 18.8. The van der Waals surface area contributed by atoms with E-state index in [1.54, 1.807) is 0 Å². The number of imidazole rings is 1. The summed E-state index contributed by atoms with van der Waals surface area (Å²) < 4.78 is 27.4. The lowest BCUT2D eigenvalue weighted by Gasteiger charge is -2.32. The number of benzene rings is 1. The molecule has 1 aromatic carbocycles. The van der Waals surface area contributed by atoms with Crippen LogP contribution >= 0.6 is 0 Å². The number of piperidine rings is 1. The smallest absolute Gasteiger partial charge is 0.224 e. The molecule has 1 aliphatic rings. The largest absolute Gasteiger partial charge is 0.343 e. The van der Waals surface area contributed by atoms with Crippen LogP contribution in [0, 0.1) is 0 Å². The van der Waals surface area contributed by atoms with Gasteiger partial charge in [0.25, 0.3) is 0 Å². The number of para-hydroxylation sites is 2. The van der Waals surface area contributed by atoms with Crippen molar-refractivity contribution >= 4 is 27.0 Å². The highest BCUT2D eigenvalue weighted by Crippen LogP contribution is 2.18. The van der Waals surface area contributed by atoms with Crippen LogP contribution in [0.3, 0.4) is 0 Å². The van der Waals surface area contributed by atoms with Gasteiger partial charge in [-0.1, -0.05) is 19.1 Å². The third-order valence-corrected chi connectivity index (χ3v) is 5.59. The predicted octanol–water partition coefficient (Wildman–Crippen LogP) is 1.53. The van der Waals surface area contributed by atoms with Gasteiger partial charge in [0.2, 0.25) is 15.9 Å². The maximum absolute atomic E-state index is 12.6. The molecule has 1 aliphatic heterocycles. The van der Waals surface area contributed by atoms with E-state index in [0.29, 0.717) is 38.9 Å². The Morgan fingerprint density at radius 3 is 2.62 bits per heavy atom. The van der Waals surface area contributed by atoms with Crippen molar-refractivity contribution in [2.24, 2.45) is 0 Å². The number of amides is 1. The molecule has 0 bridgehead atoms. The Morgan fingerprint density at radius 1 is 1.27 bits per heavy atom. The number of nitrogens with one attached hydrogen (secondary N) is 1. The number of hydrogen-bond acceptors (Lipinski definition) is 4. The van der Waals surface area contributed by atoms with Gasteiger partial charge in [0, 0.05) is 38.5 Å². The molecular formula is C18H26N4O3S. The highest BCUT2D eigenvalue weighted by molar-refractivity contribution is 7.88. The van der Waals surface area contributed by atoms with Crippen molar-refractivity contribution in [2.75, 3.05) is 19.3 Å². The lowest BCUT2D eigenvalue weighted by molar-refractivity contribution is -0.132. The average molecular weight is 378 g/mol. The first-order valence-electron chi connectivity index (χ1n) is 9.06. The molecule has 0 aliphatic carbocycles. The highest BCUT2D eigenvalue weighted by Gasteiger charge is 2.24. The summed E-state index contributed by atoms with van der Waals surface area (Å²) in [5.41, 5.74) is 2.03. The number of nitrogens with zero attached hydrogens (tertiary/aromatic N) is 3. The zero-order valence-corrected chi connectivity index (χ0v) is 16.1. The summed E-state index contributed by atoms with van der Waals surface area (Å²) in [5.74, 6) is 1.11. The molecule has 0 radical (unpaired) electrons. The van der Waals surface area contributed by atoms with Crippen molar-refractivity contribution in [2.45, 2.75) is 45.2 Å². The average Bonchev–Trinajstić information content (AvgIpc) is 2.96. The van der Waals surface area contributed by atoms with Gasteiger partial charge >= 0.3 is 0 Å². The Kier molecular flexibility index (Phi) is 5.62. The van der Waals surface area contributed by atoms with Gasteiger partial charge in [-0.25, -0.2) is 18.1 Å². The number of sulfonamides is 1. The van der Waals surface area contributed by atoms with Gasteiger partial charge in [0.1, 0.15) is 5.82 Å². The third kappa shape index (κ3) is 4.42. The number of likely N-dealkylation sites (tertiary alicyclic amines) is 1. The molecule has 142 valence electrons. The summed E-state index contributed by atoms with van der Waals surface area (Å²) >= 11 is 0. The van der Waals surface area contributed by atoms with Gasteiger partial charge in [-0.15, -0.1) is 0 Å². The van der Waals surface area contributed by atoms with Crippen molar-refractivity contribution in [3.05, 3.63) is 30.1 Å². The van der Waals surface area contributed by atoms with Crippen LogP contribution in [0.25, 0.3) is 11.0 Å². The summed E-state index contributed by atoms with van der Waals surface area (Å²) in [6, 6.07) is 7.92. The van der Waals surface area contributed by atoms with Crippen LogP contribution in [0.1, 0.15) is 32.0 Å². The molecular weight excluding hydrogens is 352 g/mol. The molecule has 1 aromatic heterocycles. The van der Waals surface area contributed by atoms with Gasteiger partial charge in [0.15, 0.2) is 0 Å². The molecule has 2 aromatic rings. The SMILES string of the molecule is CCc1nc2ccccc2n1CCC(=O)N1CCC(NS(C)(=O)=O)CC1. The Morgan fingerprint density at radius 2 is 1.96 bits per heavy atom. The van der Waals surface area contributed by atoms with E-state index in [1.165, 1.54) is 6.26 Å². The molecule has 2 heterocycles. The van der Waals surface area contributed by atoms with E-state index in [2.05, 4.69) is 21.2 Å². The molecule has 8 heteroatoms. The fourth-order valence-corrected chi connectivity index (χ4v) is 4.40. The van der Waals surface area contributed by atoms with Gasteiger partial charge < -0.3 is 9.47 Å². The van der Waals surface area contributed by atoms with Crippen LogP contribution in [0.4, 0.5) is 0 Å². The van der Waals surface area contributed by atoms with Gasteiger partial charge in [-0.3, -0.25) is 4.79 Å². The second-order valence-electron chi connectivity index (χ2n) is 6.82. The fraction of sp³-hybridized carbons (Fsp3) is 0.556. The molecule has 0 spiro atoms. The number of hydrogen-bond donors (Lipinski definition) is 1. The second-order valence-corrected chi connectivity index (χ2v) is 8.60. The molecule has 3 rings (SSSR count). The van der Waals surface area contributed by atoms with E-state index in [-0.39, 0.29) is 11.9 Å². The monoisotopic (exact) mass is 378 g/mol. The van der Waals surface area contributed by atoms with Crippen molar-refractivity contribution < 1.29 is 13.2 Å². The summed E-state index contributed by atoms with van der Waals surface area (Å²) in [6.07, 6.45) is 3.74. The molecule has 1 fully saturated rings. The molecule has 1 N–H and O–H groups in total. The minimum Gasteiger partial charge on any atom is -0.343 e. The van der Waals surface area contributed by atoms with Gasteiger partial charge in [0.05, 0.1) is 17.3 Å². The number of carbonyl (C=O) groups is 1.